The predicted octanol–water partition coefficient (Wildman–Crippen LogP) is 2.61. The van der Waals surface area contributed by atoms with Crippen molar-refractivity contribution in [2.45, 2.75) is 44.3 Å². The van der Waals surface area contributed by atoms with Crippen LogP contribution in [0, 0.1) is 0 Å². The molecule has 1 fully saturated rings. The number of rotatable bonds is 2. The smallest absolute Gasteiger partial charge is 0.422 e. The van der Waals surface area contributed by atoms with Gasteiger partial charge in [0.1, 0.15) is 0 Å². The quantitative estimate of drug-likeness (QED) is 0.784. The van der Waals surface area contributed by atoms with Crippen molar-refractivity contribution in [3.63, 3.8) is 0 Å². The second-order valence-electron chi connectivity index (χ2n) is 3.67. The maximum Gasteiger partial charge on any atom is 0.422 e. The van der Waals surface area contributed by atoms with E-state index in [9.17, 15) is 18.0 Å². The normalized spacial score (nSPS) is 18.6. The van der Waals surface area contributed by atoms with Gasteiger partial charge in [-0.05, 0) is 12.8 Å². The van der Waals surface area contributed by atoms with Crippen LogP contribution in [0.5, 0.6) is 0 Å². The van der Waals surface area contributed by atoms with Crippen LogP contribution < -0.4 is 5.32 Å². The Kier molecular flexibility index (Phi) is 4.23. The van der Waals surface area contributed by atoms with Crippen LogP contribution in [0.1, 0.15) is 32.1 Å². The van der Waals surface area contributed by atoms with Crippen LogP contribution in [0.4, 0.5) is 18.0 Å². The molecule has 0 radical (unpaired) electrons. The lowest BCUT2D eigenvalue weighted by Crippen LogP contribution is -2.38. The van der Waals surface area contributed by atoms with Crippen LogP contribution in [0.25, 0.3) is 0 Å². The third kappa shape index (κ3) is 5.49. The zero-order valence-corrected chi connectivity index (χ0v) is 8.27. The molecule has 1 N–H and O–H groups in total. The number of hydrogen-bond acceptors (Lipinski definition) is 2. The number of halogens is 3. The Hall–Kier alpha value is -0.940. The highest BCUT2D eigenvalue weighted by molar-refractivity contribution is 5.67. The van der Waals surface area contributed by atoms with Gasteiger partial charge in [-0.25, -0.2) is 4.79 Å². The Bertz CT molecular complexity index is 212. The van der Waals surface area contributed by atoms with Gasteiger partial charge in [0.05, 0.1) is 0 Å². The molecule has 1 rings (SSSR count). The fraction of sp³-hybridized carbons (Fsp3) is 0.889. The summed E-state index contributed by atoms with van der Waals surface area (Å²) in [6, 6.07) is -0.0283. The molecule has 0 unspecified atom stereocenters. The number of ether oxygens (including phenoxy) is 1. The highest BCUT2D eigenvalue weighted by Gasteiger charge is 2.30. The van der Waals surface area contributed by atoms with Gasteiger partial charge < -0.3 is 10.1 Å². The van der Waals surface area contributed by atoms with Gasteiger partial charge >= 0.3 is 12.3 Å². The molecule has 0 aromatic rings. The molecule has 88 valence electrons. The van der Waals surface area contributed by atoms with E-state index < -0.39 is 18.9 Å². The first-order chi connectivity index (χ1) is 6.97. The fourth-order valence-corrected chi connectivity index (χ4v) is 1.60. The number of nitrogens with one attached hydrogen (secondary N) is 1. The molecular formula is C9H14F3NO2. The number of carbonyl (C=O) groups excluding carboxylic acids is 1. The summed E-state index contributed by atoms with van der Waals surface area (Å²) in [6.07, 6.45) is -0.657. The fourth-order valence-electron chi connectivity index (χ4n) is 1.60. The minimum absolute atomic E-state index is 0.0283. The molecule has 1 aliphatic carbocycles. The number of hydrogen-bond donors (Lipinski definition) is 1. The summed E-state index contributed by atoms with van der Waals surface area (Å²) < 4.78 is 39.1. The minimum atomic E-state index is -4.45. The molecule has 0 aliphatic heterocycles. The largest absolute Gasteiger partial charge is 0.440 e. The van der Waals surface area contributed by atoms with Crippen molar-refractivity contribution in [2.75, 3.05) is 6.61 Å². The number of alkyl halides is 3. The highest BCUT2D eigenvalue weighted by Crippen LogP contribution is 2.18. The molecular weight excluding hydrogens is 211 g/mol. The second kappa shape index (κ2) is 5.23. The van der Waals surface area contributed by atoms with Crippen molar-refractivity contribution in [2.24, 2.45) is 0 Å². The van der Waals surface area contributed by atoms with Gasteiger partial charge in [0.15, 0.2) is 6.61 Å². The van der Waals surface area contributed by atoms with Crippen molar-refractivity contribution < 1.29 is 22.7 Å². The van der Waals surface area contributed by atoms with E-state index in [-0.39, 0.29) is 6.04 Å². The van der Waals surface area contributed by atoms with Gasteiger partial charge in [-0.1, -0.05) is 19.3 Å². The summed E-state index contributed by atoms with van der Waals surface area (Å²) >= 11 is 0. The Balaban J connectivity index is 2.17. The molecule has 1 aliphatic rings. The summed E-state index contributed by atoms with van der Waals surface area (Å²) in [5, 5.41) is 2.43. The lowest BCUT2D eigenvalue weighted by atomic mass is 9.96. The molecule has 3 nitrogen and oxygen atoms in total. The molecule has 0 aromatic carbocycles. The van der Waals surface area contributed by atoms with E-state index in [0.29, 0.717) is 0 Å². The molecule has 1 saturated carbocycles. The molecule has 0 spiro atoms. The lowest BCUT2D eigenvalue weighted by molar-refractivity contribution is -0.160. The van der Waals surface area contributed by atoms with Crippen molar-refractivity contribution in [3.8, 4) is 0 Å². The number of carbonyl (C=O) groups is 1. The third-order valence-corrected chi connectivity index (χ3v) is 2.29. The van der Waals surface area contributed by atoms with E-state index in [1.807, 2.05) is 0 Å². The van der Waals surface area contributed by atoms with Crippen LogP contribution in [-0.4, -0.2) is 24.9 Å². The second-order valence-corrected chi connectivity index (χ2v) is 3.67. The number of amides is 1. The van der Waals surface area contributed by atoms with E-state index in [4.69, 9.17) is 0 Å². The molecule has 0 heterocycles. The highest BCUT2D eigenvalue weighted by atomic mass is 19.4. The molecule has 6 heteroatoms. The van der Waals surface area contributed by atoms with E-state index in [1.165, 1.54) is 0 Å². The van der Waals surface area contributed by atoms with Crippen molar-refractivity contribution in [1.29, 1.82) is 0 Å². The van der Waals surface area contributed by atoms with Gasteiger partial charge in [-0.3, -0.25) is 0 Å². The summed E-state index contributed by atoms with van der Waals surface area (Å²) in [5.41, 5.74) is 0. The molecule has 0 saturated heterocycles. The van der Waals surface area contributed by atoms with E-state index in [1.54, 1.807) is 0 Å². The topological polar surface area (TPSA) is 38.3 Å². The van der Waals surface area contributed by atoms with Gasteiger partial charge in [-0.15, -0.1) is 0 Å². The third-order valence-electron chi connectivity index (χ3n) is 2.29. The summed E-state index contributed by atoms with van der Waals surface area (Å²) in [6.45, 7) is -1.52. The summed E-state index contributed by atoms with van der Waals surface area (Å²) in [4.78, 5) is 10.9. The average molecular weight is 225 g/mol. The molecule has 0 bridgehead atoms. The predicted molar refractivity (Wildman–Crippen MR) is 47.4 cm³/mol. The van der Waals surface area contributed by atoms with Gasteiger partial charge in [-0.2, -0.15) is 13.2 Å². The van der Waals surface area contributed by atoms with E-state index in [0.717, 1.165) is 32.1 Å². The van der Waals surface area contributed by atoms with Crippen LogP contribution >= 0.6 is 0 Å². The molecule has 0 aromatic heterocycles. The van der Waals surface area contributed by atoms with Gasteiger partial charge in [0, 0.05) is 6.04 Å². The van der Waals surface area contributed by atoms with Crippen molar-refractivity contribution in [1.82, 2.24) is 5.32 Å². The summed E-state index contributed by atoms with van der Waals surface area (Å²) in [5.74, 6) is 0. The number of alkyl carbamates (subject to hydrolysis) is 1. The lowest BCUT2D eigenvalue weighted by Gasteiger charge is -2.22. The minimum Gasteiger partial charge on any atom is -0.440 e. The van der Waals surface area contributed by atoms with E-state index >= 15 is 0 Å². The maximum absolute atomic E-state index is 11.7. The van der Waals surface area contributed by atoms with Crippen molar-refractivity contribution in [3.05, 3.63) is 0 Å². The van der Waals surface area contributed by atoms with Crippen LogP contribution in [-0.2, 0) is 4.74 Å². The Labute approximate surface area is 86.0 Å². The molecule has 15 heavy (non-hydrogen) atoms. The van der Waals surface area contributed by atoms with E-state index in [2.05, 4.69) is 10.1 Å². The van der Waals surface area contributed by atoms with Gasteiger partial charge in [0.25, 0.3) is 0 Å². The zero-order valence-electron chi connectivity index (χ0n) is 8.27. The van der Waals surface area contributed by atoms with Crippen LogP contribution in [0.3, 0.4) is 0 Å². The summed E-state index contributed by atoms with van der Waals surface area (Å²) in [7, 11) is 0. The Morgan fingerprint density at radius 2 is 1.87 bits per heavy atom. The molecule has 0 atom stereocenters. The van der Waals surface area contributed by atoms with Crippen LogP contribution in [0.2, 0.25) is 0 Å². The standard InChI is InChI=1S/C9H14F3NO2/c10-9(11,12)6-15-8(14)13-7-4-2-1-3-5-7/h7H,1-6H2,(H,13,14). The first kappa shape index (κ1) is 12.1. The zero-order chi connectivity index (χ0) is 11.3. The first-order valence-corrected chi connectivity index (χ1v) is 4.97. The van der Waals surface area contributed by atoms with Crippen molar-refractivity contribution >= 4 is 6.09 Å². The van der Waals surface area contributed by atoms with Gasteiger partial charge in [0.2, 0.25) is 0 Å². The monoisotopic (exact) mass is 225 g/mol. The Morgan fingerprint density at radius 3 is 2.40 bits per heavy atom. The average Bonchev–Trinajstić information content (AvgIpc) is 2.15. The molecule has 1 amide bonds. The van der Waals surface area contributed by atoms with Crippen LogP contribution in [0.15, 0.2) is 0 Å². The Morgan fingerprint density at radius 1 is 1.27 bits per heavy atom. The SMILES string of the molecule is O=C(NC1CCCCC1)OCC(F)(F)F. The first-order valence-electron chi connectivity index (χ1n) is 4.97. The maximum atomic E-state index is 11.7.